The molecule has 0 fully saturated rings. The standard InChI is InChI=1S/C11H9N3O/c12-11-1-2-13-6-10(11)9-3-8(7-15)4-14-5-9/h1-7H,(H2,12,13). The molecule has 2 aromatic rings. The van der Waals surface area contributed by atoms with Gasteiger partial charge in [-0.05, 0) is 12.1 Å². The molecule has 0 amide bonds. The highest BCUT2D eigenvalue weighted by Crippen LogP contribution is 2.23. The molecule has 0 aliphatic rings. The molecule has 0 aromatic carbocycles. The topological polar surface area (TPSA) is 68.9 Å². The molecule has 0 unspecified atom stereocenters. The predicted molar refractivity (Wildman–Crippen MR) is 57.3 cm³/mol. The fourth-order valence-corrected chi connectivity index (χ4v) is 1.32. The van der Waals surface area contributed by atoms with Gasteiger partial charge in [0, 0.05) is 47.2 Å². The Morgan fingerprint density at radius 1 is 1.20 bits per heavy atom. The number of nitrogens with two attached hydrogens (primary N) is 1. The van der Waals surface area contributed by atoms with Gasteiger partial charge in [0.15, 0.2) is 6.29 Å². The van der Waals surface area contributed by atoms with Crippen LogP contribution in [0.2, 0.25) is 0 Å². The zero-order chi connectivity index (χ0) is 10.7. The summed E-state index contributed by atoms with van der Waals surface area (Å²) >= 11 is 0. The molecule has 0 spiro atoms. The van der Waals surface area contributed by atoms with Crippen LogP contribution < -0.4 is 5.73 Å². The molecule has 2 aromatic heterocycles. The summed E-state index contributed by atoms with van der Waals surface area (Å²) in [5.41, 5.74) is 8.51. The molecule has 4 nitrogen and oxygen atoms in total. The van der Waals surface area contributed by atoms with Gasteiger partial charge in [-0.1, -0.05) is 0 Å². The van der Waals surface area contributed by atoms with Crippen molar-refractivity contribution < 1.29 is 4.79 Å². The Balaban J connectivity index is 2.54. The van der Waals surface area contributed by atoms with Gasteiger partial charge in [-0.2, -0.15) is 0 Å². The Bertz CT molecular complexity index is 497. The van der Waals surface area contributed by atoms with E-state index in [9.17, 15) is 4.79 Å². The van der Waals surface area contributed by atoms with Crippen molar-refractivity contribution in [1.82, 2.24) is 9.97 Å². The average molecular weight is 199 g/mol. The van der Waals surface area contributed by atoms with Gasteiger partial charge in [0.1, 0.15) is 0 Å². The van der Waals surface area contributed by atoms with E-state index in [0.717, 1.165) is 17.4 Å². The van der Waals surface area contributed by atoms with E-state index in [1.807, 2.05) is 0 Å². The molecule has 2 heterocycles. The summed E-state index contributed by atoms with van der Waals surface area (Å²) in [4.78, 5) is 18.5. The van der Waals surface area contributed by atoms with Gasteiger partial charge in [-0.15, -0.1) is 0 Å². The fourth-order valence-electron chi connectivity index (χ4n) is 1.32. The average Bonchev–Trinajstić information content (AvgIpc) is 2.30. The van der Waals surface area contributed by atoms with Gasteiger partial charge in [-0.25, -0.2) is 0 Å². The Hall–Kier alpha value is -2.23. The number of carbonyl (C=O) groups excluding carboxylic acids is 1. The first-order valence-corrected chi connectivity index (χ1v) is 4.41. The van der Waals surface area contributed by atoms with Crippen LogP contribution in [0.4, 0.5) is 5.69 Å². The Labute approximate surface area is 86.8 Å². The second kappa shape index (κ2) is 3.88. The van der Waals surface area contributed by atoms with E-state index in [1.54, 1.807) is 30.7 Å². The smallest absolute Gasteiger partial charge is 0.151 e. The fraction of sp³-hybridized carbons (Fsp3) is 0. The van der Waals surface area contributed by atoms with Crippen LogP contribution >= 0.6 is 0 Å². The molecule has 0 radical (unpaired) electrons. The molecule has 15 heavy (non-hydrogen) atoms. The van der Waals surface area contributed by atoms with E-state index in [1.165, 1.54) is 6.20 Å². The summed E-state index contributed by atoms with van der Waals surface area (Å²) in [5, 5.41) is 0. The van der Waals surface area contributed by atoms with Crippen molar-refractivity contribution >= 4 is 12.0 Å². The van der Waals surface area contributed by atoms with E-state index >= 15 is 0 Å². The monoisotopic (exact) mass is 199 g/mol. The van der Waals surface area contributed by atoms with E-state index in [-0.39, 0.29) is 0 Å². The van der Waals surface area contributed by atoms with Crippen LogP contribution in [-0.4, -0.2) is 16.3 Å². The molecule has 2 rings (SSSR count). The van der Waals surface area contributed by atoms with Crippen LogP contribution in [-0.2, 0) is 0 Å². The maximum Gasteiger partial charge on any atom is 0.151 e. The molecular weight excluding hydrogens is 190 g/mol. The zero-order valence-corrected chi connectivity index (χ0v) is 7.92. The van der Waals surface area contributed by atoms with Crippen molar-refractivity contribution in [1.29, 1.82) is 0 Å². The summed E-state index contributed by atoms with van der Waals surface area (Å²) in [7, 11) is 0. The third-order valence-corrected chi connectivity index (χ3v) is 2.06. The lowest BCUT2D eigenvalue weighted by molar-refractivity contribution is 0.112. The van der Waals surface area contributed by atoms with Crippen molar-refractivity contribution in [2.75, 3.05) is 5.73 Å². The Kier molecular flexibility index (Phi) is 2.41. The first kappa shape index (κ1) is 9.33. The van der Waals surface area contributed by atoms with Crippen molar-refractivity contribution in [3.05, 3.63) is 42.5 Å². The second-order valence-corrected chi connectivity index (χ2v) is 3.09. The lowest BCUT2D eigenvalue weighted by Crippen LogP contribution is -1.92. The summed E-state index contributed by atoms with van der Waals surface area (Å²) in [6.07, 6.45) is 7.18. The molecule has 74 valence electrons. The van der Waals surface area contributed by atoms with Crippen molar-refractivity contribution in [3.8, 4) is 11.1 Å². The number of aldehydes is 1. The van der Waals surface area contributed by atoms with Crippen molar-refractivity contribution in [2.24, 2.45) is 0 Å². The molecular formula is C11H9N3O. The number of anilines is 1. The number of aromatic nitrogens is 2. The zero-order valence-electron chi connectivity index (χ0n) is 7.92. The van der Waals surface area contributed by atoms with Crippen LogP contribution in [0.3, 0.4) is 0 Å². The first-order chi connectivity index (χ1) is 7.31. The summed E-state index contributed by atoms with van der Waals surface area (Å²) in [6.45, 7) is 0. The Morgan fingerprint density at radius 2 is 2.07 bits per heavy atom. The maximum absolute atomic E-state index is 10.6. The van der Waals surface area contributed by atoms with Gasteiger partial charge < -0.3 is 5.73 Å². The normalized spacial score (nSPS) is 9.87. The van der Waals surface area contributed by atoms with Crippen LogP contribution in [0.25, 0.3) is 11.1 Å². The minimum atomic E-state index is 0.524. The van der Waals surface area contributed by atoms with Gasteiger partial charge in [0.2, 0.25) is 0 Å². The predicted octanol–water partition coefficient (Wildman–Crippen LogP) is 1.54. The highest BCUT2D eigenvalue weighted by Gasteiger charge is 2.03. The quantitative estimate of drug-likeness (QED) is 0.745. The molecule has 0 saturated carbocycles. The van der Waals surface area contributed by atoms with Crippen LogP contribution in [0, 0.1) is 0 Å². The summed E-state index contributed by atoms with van der Waals surface area (Å²) < 4.78 is 0. The molecule has 2 N–H and O–H groups in total. The largest absolute Gasteiger partial charge is 0.398 e. The number of nitrogens with zero attached hydrogens (tertiary/aromatic N) is 2. The van der Waals surface area contributed by atoms with E-state index in [4.69, 9.17) is 5.73 Å². The molecule has 0 aliphatic heterocycles. The minimum absolute atomic E-state index is 0.524. The lowest BCUT2D eigenvalue weighted by atomic mass is 10.1. The van der Waals surface area contributed by atoms with Crippen molar-refractivity contribution in [2.45, 2.75) is 0 Å². The number of carbonyl (C=O) groups is 1. The molecule has 0 atom stereocenters. The van der Waals surface area contributed by atoms with Gasteiger partial charge in [0.25, 0.3) is 0 Å². The summed E-state index contributed by atoms with van der Waals surface area (Å²) in [6, 6.07) is 3.44. The first-order valence-electron chi connectivity index (χ1n) is 4.41. The minimum Gasteiger partial charge on any atom is -0.398 e. The molecule has 0 aliphatic carbocycles. The third kappa shape index (κ3) is 1.83. The number of nitrogen functional groups attached to an aromatic ring is 1. The number of pyridine rings is 2. The van der Waals surface area contributed by atoms with Crippen molar-refractivity contribution in [3.63, 3.8) is 0 Å². The number of rotatable bonds is 2. The van der Waals surface area contributed by atoms with E-state index < -0.39 is 0 Å². The van der Waals surface area contributed by atoms with Gasteiger partial charge >= 0.3 is 0 Å². The SMILES string of the molecule is Nc1ccncc1-c1cncc(C=O)c1. The maximum atomic E-state index is 10.6. The molecule has 4 heteroatoms. The highest BCUT2D eigenvalue weighted by atomic mass is 16.1. The highest BCUT2D eigenvalue weighted by molar-refractivity contribution is 5.81. The van der Waals surface area contributed by atoms with E-state index in [2.05, 4.69) is 9.97 Å². The van der Waals surface area contributed by atoms with Gasteiger partial charge in [-0.3, -0.25) is 14.8 Å². The molecule has 0 saturated heterocycles. The number of hydrogen-bond acceptors (Lipinski definition) is 4. The second-order valence-electron chi connectivity index (χ2n) is 3.09. The van der Waals surface area contributed by atoms with Crippen LogP contribution in [0.1, 0.15) is 10.4 Å². The summed E-state index contributed by atoms with van der Waals surface area (Å²) in [5.74, 6) is 0. The van der Waals surface area contributed by atoms with Gasteiger partial charge in [0.05, 0.1) is 0 Å². The van der Waals surface area contributed by atoms with Crippen LogP contribution in [0.15, 0.2) is 36.9 Å². The number of hydrogen-bond donors (Lipinski definition) is 1. The lowest BCUT2D eigenvalue weighted by Gasteiger charge is -2.04. The molecule has 0 bridgehead atoms. The Morgan fingerprint density at radius 3 is 2.80 bits per heavy atom. The third-order valence-electron chi connectivity index (χ3n) is 2.06. The van der Waals surface area contributed by atoms with E-state index in [0.29, 0.717) is 11.3 Å². The van der Waals surface area contributed by atoms with Crippen LogP contribution in [0.5, 0.6) is 0 Å².